The molecule has 39 heavy (non-hydrogen) atoms. The molecule has 3 aliphatic heterocycles. The van der Waals surface area contributed by atoms with Crippen LogP contribution in [0.5, 0.6) is 11.6 Å². The average molecular weight is 532 g/mol. The smallest absolute Gasteiger partial charge is 0.193 e. The van der Waals surface area contributed by atoms with Crippen LogP contribution in [-0.2, 0) is 9.47 Å². The zero-order chi connectivity index (χ0) is 26.5. The molecular formula is C30H30FN3O5. The lowest BCUT2D eigenvalue weighted by atomic mass is 10.0. The van der Waals surface area contributed by atoms with Gasteiger partial charge in [-0.15, -0.1) is 0 Å². The second-order valence-electron chi connectivity index (χ2n) is 10.6. The second kappa shape index (κ2) is 9.91. The Morgan fingerprint density at radius 2 is 1.67 bits per heavy atom. The van der Waals surface area contributed by atoms with Crippen molar-refractivity contribution in [1.82, 2.24) is 14.9 Å². The summed E-state index contributed by atoms with van der Waals surface area (Å²) in [5.74, 6) is 0.906. The van der Waals surface area contributed by atoms with E-state index in [1.54, 1.807) is 6.07 Å². The zero-order valence-corrected chi connectivity index (χ0v) is 21.5. The molecule has 0 aliphatic carbocycles. The van der Waals surface area contributed by atoms with E-state index < -0.39 is 11.9 Å². The third-order valence-corrected chi connectivity index (χ3v) is 7.79. The van der Waals surface area contributed by atoms with Crippen molar-refractivity contribution in [2.75, 3.05) is 33.4 Å². The number of aliphatic hydroxyl groups excluding tert-OH is 1. The topological polar surface area (TPSA) is 89.1 Å². The van der Waals surface area contributed by atoms with Crippen molar-refractivity contribution in [1.29, 1.82) is 0 Å². The highest BCUT2D eigenvalue weighted by atomic mass is 19.1. The van der Waals surface area contributed by atoms with Gasteiger partial charge in [-0.2, -0.15) is 0 Å². The zero-order valence-electron chi connectivity index (χ0n) is 21.5. The maximum Gasteiger partial charge on any atom is 0.193 e. The van der Waals surface area contributed by atoms with Gasteiger partial charge in [-0.3, -0.25) is 0 Å². The van der Waals surface area contributed by atoms with Crippen LogP contribution in [0.25, 0.3) is 33.4 Å². The average Bonchev–Trinajstić information content (AvgIpc) is 3.71. The van der Waals surface area contributed by atoms with Gasteiger partial charge in [0.05, 0.1) is 24.2 Å². The second-order valence-corrected chi connectivity index (χ2v) is 10.6. The fourth-order valence-electron chi connectivity index (χ4n) is 5.71. The number of aromatic nitrogens is 2. The van der Waals surface area contributed by atoms with Crippen LogP contribution in [0.15, 0.2) is 60.7 Å². The molecule has 0 amide bonds. The van der Waals surface area contributed by atoms with E-state index in [1.807, 2.05) is 48.5 Å². The van der Waals surface area contributed by atoms with Crippen LogP contribution >= 0.6 is 0 Å². The van der Waals surface area contributed by atoms with Gasteiger partial charge >= 0.3 is 0 Å². The summed E-state index contributed by atoms with van der Waals surface area (Å²) in [6.07, 6.45) is -0.431. The molecule has 7 rings (SSSR count). The summed E-state index contributed by atoms with van der Waals surface area (Å²) in [5.41, 5.74) is 4.19. The minimum atomic E-state index is -0.645. The Bertz CT molecular complexity index is 1470. The van der Waals surface area contributed by atoms with E-state index in [-0.39, 0.29) is 36.7 Å². The Morgan fingerprint density at radius 1 is 0.949 bits per heavy atom. The number of aromatic amines is 1. The van der Waals surface area contributed by atoms with Crippen molar-refractivity contribution >= 4 is 11.0 Å². The van der Waals surface area contributed by atoms with Gasteiger partial charge in [0.2, 0.25) is 0 Å². The highest BCUT2D eigenvalue weighted by Crippen LogP contribution is 2.33. The summed E-state index contributed by atoms with van der Waals surface area (Å²) in [4.78, 5) is 9.93. The van der Waals surface area contributed by atoms with Crippen LogP contribution < -0.4 is 9.47 Å². The number of nitrogens with zero attached hydrogens (tertiary/aromatic N) is 2. The van der Waals surface area contributed by atoms with Crippen molar-refractivity contribution in [2.45, 2.75) is 36.9 Å². The normalized spacial score (nSPS) is 26.8. The number of likely N-dealkylation sites (tertiary alicyclic amines) is 1. The first-order valence-corrected chi connectivity index (χ1v) is 13.3. The summed E-state index contributed by atoms with van der Waals surface area (Å²) in [6, 6.07) is 19.0. The molecule has 3 aliphatic rings. The Labute approximate surface area is 225 Å². The van der Waals surface area contributed by atoms with E-state index in [9.17, 15) is 5.11 Å². The fraction of sp³-hybridized carbons (Fsp3) is 0.367. The minimum absolute atomic E-state index is 0.231. The molecule has 8 nitrogen and oxygen atoms in total. The predicted octanol–water partition coefficient (Wildman–Crippen LogP) is 4.02. The molecule has 0 spiro atoms. The first kappa shape index (κ1) is 24.5. The van der Waals surface area contributed by atoms with Crippen molar-refractivity contribution in [3.05, 3.63) is 66.5 Å². The van der Waals surface area contributed by atoms with Gasteiger partial charge in [-0.1, -0.05) is 36.4 Å². The fourth-order valence-corrected chi connectivity index (χ4v) is 5.71. The van der Waals surface area contributed by atoms with Gasteiger partial charge in [0.15, 0.2) is 17.8 Å². The molecule has 5 atom stereocenters. The molecule has 0 bridgehead atoms. The van der Waals surface area contributed by atoms with Gasteiger partial charge in [-0.05, 0) is 36.7 Å². The van der Waals surface area contributed by atoms with Crippen molar-refractivity contribution < 1.29 is 28.4 Å². The van der Waals surface area contributed by atoms with Crippen LogP contribution in [-0.4, -0.2) is 83.8 Å². The number of hydrogen-bond donors (Lipinski definition) is 2. The lowest BCUT2D eigenvalue weighted by Gasteiger charge is -2.16. The number of hydrogen-bond acceptors (Lipinski definition) is 7. The largest absolute Gasteiger partial charge is 0.489 e. The Hall–Kier alpha value is -3.50. The van der Waals surface area contributed by atoms with Crippen LogP contribution in [0.4, 0.5) is 4.39 Å². The summed E-state index contributed by atoms with van der Waals surface area (Å²) < 4.78 is 38.5. The molecular weight excluding hydrogens is 501 g/mol. The molecule has 3 fully saturated rings. The molecule has 202 valence electrons. The Morgan fingerprint density at radius 3 is 2.41 bits per heavy atom. The van der Waals surface area contributed by atoms with Gasteiger partial charge in [0, 0.05) is 30.8 Å². The van der Waals surface area contributed by atoms with E-state index >= 15 is 4.39 Å². The third kappa shape index (κ3) is 4.76. The SMILES string of the molecule is CN1CCC(Oc2ccc(-c3ccc(-c4nc5cc(O[C@@H]6CO[C@H]7[C@@H]6OC[C@H]7O)[nH]c5cc4F)cc3)cc2)C1. The van der Waals surface area contributed by atoms with Gasteiger partial charge in [0.1, 0.15) is 35.9 Å². The first-order chi connectivity index (χ1) is 19.0. The molecule has 0 saturated carbocycles. The van der Waals surface area contributed by atoms with E-state index in [2.05, 4.69) is 21.9 Å². The number of likely N-dealkylation sites (N-methyl/N-ethyl adjacent to an activating group) is 1. The van der Waals surface area contributed by atoms with Gasteiger partial charge in [-0.25, -0.2) is 9.37 Å². The number of H-pyrrole nitrogens is 1. The molecule has 2 aromatic heterocycles. The lowest BCUT2D eigenvalue weighted by Crippen LogP contribution is -2.34. The van der Waals surface area contributed by atoms with Gasteiger partial charge < -0.3 is 33.9 Å². The molecule has 2 N–H and O–H groups in total. The van der Waals surface area contributed by atoms with Gasteiger partial charge in [0.25, 0.3) is 0 Å². The van der Waals surface area contributed by atoms with Crippen LogP contribution in [0, 0.1) is 5.82 Å². The quantitative estimate of drug-likeness (QED) is 0.389. The summed E-state index contributed by atoms with van der Waals surface area (Å²) in [5, 5.41) is 9.94. The minimum Gasteiger partial charge on any atom is -0.489 e. The van der Waals surface area contributed by atoms with Crippen molar-refractivity contribution in [2.24, 2.45) is 0 Å². The number of halogens is 1. The standard InChI is InChI=1S/C30H30FN3O5/c1-34-11-10-21(14-34)38-20-8-6-18(7-9-20)17-2-4-19(5-3-17)28-22(31)12-23-24(33-28)13-27(32-23)39-26-16-37-29-25(35)15-36-30(26)29/h2-9,12-13,21,25-26,29-30,32,35H,10-11,14-16H2,1H3/t21?,25-,26-,29-,30-/m1/s1. The predicted molar refractivity (Wildman–Crippen MR) is 143 cm³/mol. The third-order valence-electron chi connectivity index (χ3n) is 7.79. The number of benzene rings is 2. The van der Waals surface area contributed by atoms with E-state index in [0.29, 0.717) is 29.1 Å². The molecule has 3 saturated heterocycles. The van der Waals surface area contributed by atoms with E-state index in [1.165, 1.54) is 6.07 Å². The molecule has 0 radical (unpaired) electrons. The maximum absolute atomic E-state index is 15.1. The number of ether oxygens (including phenoxy) is 4. The Balaban J connectivity index is 1.06. The molecule has 1 unspecified atom stereocenters. The number of fused-ring (bicyclic) bond motifs is 2. The molecule has 4 aromatic rings. The molecule has 2 aromatic carbocycles. The maximum atomic E-state index is 15.1. The number of nitrogens with one attached hydrogen (secondary N) is 1. The van der Waals surface area contributed by atoms with Crippen LogP contribution in [0.2, 0.25) is 0 Å². The lowest BCUT2D eigenvalue weighted by molar-refractivity contribution is 0.00794. The van der Waals surface area contributed by atoms with Crippen LogP contribution in [0.1, 0.15) is 6.42 Å². The molecule has 5 heterocycles. The number of rotatable bonds is 6. The number of pyridine rings is 1. The van der Waals surface area contributed by atoms with Crippen molar-refractivity contribution in [3.8, 4) is 34.0 Å². The molecule has 9 heteroatoms. The summed E-state index contributed by atoms with van der Waals surface area (Å²) >= 11 is 0. The Kier molecular flexibility index (Phi) is 6.24. The number of aliphatic hydroxyl groups is 1. The highest BCUT2D eigenvalue weighted by molar-refractivity contribution is 5.81. The summed E-state index contributed by atoms with van der Waals surface area (Å²) in [7, 11) is 2.11. The summed E-state index contributed by atoms with van der Waals surface area (Å²) in [6.45, 7) is 2.56. The van der Waals surface area contributed by atoms with E-state index in [4.69, 9.17) is 18.9 Å². The van der Waals surface area contributed by atoms with Crippen LogP contribution in [0.3, 0.4) is 0 Å². The first-order valence-electron chi connectivity index (χ1n) is 13.3. The van der Waals surface area contributed by atoms with E-state index in [0.717, 1.165) is 36.4 Å². The monoisotopic (exact) mass is 531 g/mol. The van der Waals surface area contributed by atoms with Crippen molar-refractivity contribution in [3.63, 3.8) is 0 Å². The highest BCUT2D eigenvalue weighted by Gasteiger charge is 2.48.